The second kappa shape index (κ2) is 5.34. The van der Waals surface area contributed by atoms with Gasteiger partial charge in [-0.2, -0.15) is 0 Å². The molecule has 0 N–H and O–H groups in total. The highest BCUT2D eigenvalue weighted by atomic mass is 16.7. The van der Waals surface area contributed by atoms with Crippen molar-refractivity contribution >= 4 is 11.8 Å². The smallest absolute Gasteiger partial charge is 0.317 e. The molecule has 18 heavy (non-hydrogen) atoms. The molecule has 0 radical (unpaired) electrons. The SMILES string of the molecule is COCO[C@@H]1CC2CC(=O)[C@H](C(=O)OC)[C@@H]1N2C. The van der Waals surface area contributed by atoms with E-state index in [1.807, 2.05) is 7.05 Å². The molecule has 6 nitrogen and oxygen atoms in total. The lowest BCUT2D eigenvalue weighted by Crippen LogP contribution is -2.53. The summed E-state index contributed by atoms with van der Waals surface area (Å²) in [5.41, 5.74) is 0. The molecule has 0 saturated carbocycles. The van der Waals surface area contributed by atoms with Gasteiger partial charge < -0.3 is 14.2 Å². The molecule has 102 valence electrons. The fraction of sp³-hybridized carbons (Fsp3) is 0.833. The Morgan fingerprint density at radius 2 is 2.17 bits per heavy atom. The third-order valence-corrected chi connectivity index (χ3v) is 3.91. The molecule has 0 aromatic carbocycles. The Kier molecular flexibility index (Phi) is 3.99. The summed E-state index contributed by atoms with van der Waals surface area (Å²) in [6, 6.07) is -0.0795. The first-order valence-corrected chi connectivity index (χ1v) is 6.03. The number of nitrogens with zero attached hydrogens (tertiary/aromatic N) is 1. The fourth-order valence-electron chi connectivity index (χ4n) is 3.03. The lowest BCUT2D eigenvalue weighted by molar-refractivity contribution is -0.158. The second-order valence-corrected chi connectivity index (χ2v) is 4.83. The predicted octanol–water partition coefficient (Wildman–Crippen LogP) is -0.190. The number of hydrogen-bond acceptors (Lipinski definition) is 6. The number of hydrogen-bond donors (Lipinski definition) is 0. The summed E-state index contributed by atoms with van der Waals surface area (Å²) in [5, 5.41) is 0. The van der Waals surface area contributed by atoms with E-state index in [1.54, 1.807) is 7.11 Å². The van der Waals surface area contributed by atoms with E-state index >= 15 is 0 Å². The van der Waals surface area contributed by atoms with Crippen LogP contribution >= 0.6 is 0 Å². The maximum absolute atomic E-state index is 12.0. The average molecular weight is 257 g/mol. The van der Waals surface area contributed by atoms with Crippen molar-refractivity contribution in [1.82, 2.24) is 4.90 Å². The number of fused-ring (bicyclic) bond motifs is 2. The van der Waals surface area contributed by atoms with E-state index in [9.17, 15) is 9.59 Å². The molecule has 6 heteroatoms. The van der Waals surface area contributed by atoms with Crippen LogP contribution in [0.3, 0.4) is 0 Å². The first kappa shape index (κ1) is 13.5. The molecule has 2 fully saturated rings. The summed E-state index contributed by atoms with van der Waals surface area (Å²) in [5.74, 6) is -1.25. The van der Waals surface area contributed by atoms with Crippen molar-refractivity contribution in [3.8, 4) is 0 Å². The molecule has 0 spiro atoms. The number of methoxy groups -OCH3 is 2. The van der Waals surface area contributed by atoms with Crippen LogP contribution in [0.2, 0.25) is 0 Å². The zero-order valence-corrected chi connectivity index (χ0v) is 10.9. The van der Waals surface area contributed by atoms with Gasteiger partial charge in [0, 0.05) is 19.6 Å². The van der Waals surface area contributed by atoms with Gasteiger partial charge in [-0.25, -0.2) is 0 Å². The lowest BCUT2D eigenvalue weighted by Gasteiger charge is -2.35. The quantitative estimate of drug-likeness (QED) is 0.395. The third-order valence-electron chi connectivity index (χ3n) is 3.91. The van der Waals surface area contributed by atoms with Gasteiger partial charge in [0.05, 0.1) is 19.3 Å². The molecule has 0 aromatic rings. The Bertz CT molecular complexity index is 345. The zero-order chi connectivity index (χ0) is 13.3. The lowest BCUT2D eigenvalue weighted by atomic mass is 9.88. The largest absolute Gasteiger partial charge is 0.468 e. The summed E-state index contributed by atoms with van der Waals surface area (Å²) < 4.78 is 15.2. The molecule has 2 aliphatic rings. The topological polar surface area (TPSA) is 65.1 Å². The Hall–Kier alpha value is -0.980. The van der Waals surface area contributed by atoms with Crippen molar-refractivity contribution in [2.75, 3.05) is 28.1 Å². The van der Waals surface area contributed by atoms with E-state index in [0.717, 1.165) is 6.42 Å². The number of rotatable bonds is 4. The van der Waals surface area contributed by atoms with E-state index in [0.29, 0.717) is 6.42 Å². The Balaban J connectivity index is 2.19. The molecule has 2 heterocycles. The van der Waals surface area contributed by atoms with E-state index in [-0.39, 0.29) is 30.8 Å². The molecule has 0 aromatic heterocycles. The van der Waals surface area contributed by atoms with Crippen LogP contribution in [0.15, 0.2) is 0 Å². The van der Waals surface area contributed by atoms with E-state index in [1.165, 1.54) is 7.11 Å². The van der Waals surface area contributed by atoms with Gasteiger partial charge in [0.25, 0.3) is 0 Å². The van der Waals surface area contributed by atoms with Crippen molar-refractivity contribution in [3.63, 3.8) is 0 Å². The minimum atomic E-state index is -0.736. The number of ether oxygens (including phenoxy) is 3. The maximum atomic E-state index is 12.0. The van der Waals surface area contributed by atoms with Crippen LogP contribution in [0.1, 0.15) is 12.8 Å². The second-order valence-electron chi connectivity index (χ2n) is 4.83. The predicted molar refractivity (Wildman–Crippen MR) is 61.8 cm³/mol. The van der Waals surface area contributed by atoms with Crippen LogP contribution in [-0.2, 0) is 23.8 Å². The maximum Gasteiger partial charge on any atom is 0.317 e. The molecule has 4 atom stereocenters. The molecule has 0 aliphatic carbocycles. The van der Waals surface area contributed by atoms with Crippen LogP contribution in [0.5, 0.6) is 0 Å². The summed E-state index contributed by atoms with van der Waals surface area (Å²) in [6.45, 7) is 0.170. The van der Waals surface area contributed by atoms with E-state index in [4.69, 9.17) is 14.2 Å². The van der Waals surface area contributed by atoms with Gasteiger partial charge in [0.1, 0.15) is 18.5 Å². The average Bonchev–Trinajstić information content (AvgIpc) is 2.56. The molecule has 1 unspecified atom stereocenters. The molecule has 0 amide bonds. The first-order chi connectivity index (χ1) is 8.60. The van der Waals surface area contributed by atoms with Crippen molar-refractivity contribution in [1.29, 1.82) is 0 Å². The van der Waals surface area contributed by atoms with Gasteiger partial charge in [-0.15, -0.1) is 0 Å². The van der Waals surface area contributed by atoms with Crippen LogP contribution in [0, 0.1) is 5.92 Å². The number of carbonyl (C=O) groups excluding carboxylic acids is 2. The summed E-state index contributed by atoms with van der Waals surface area (Å²) >= 11 is 0. The highest BCUT2D eigenvalue weighted by Gasteiger charge is 2.54. The van der Waals surface area contributed by atoms with E-state index in [2.05, 4.69) is 4.90 Å². The molecule has 2 aliphatic heterocycles. The van der Waals surface area contributed by atoms with Crippen LogP contribution in [0.25, 0.3) is 0 Å². The Morgan fingerprint density at radius 3 is 2.78 bits per heavy atom. The third kappa shape index (κ3) is 2.15. The monoisotopic (exact) mass is 257 g/mol. The molecular weight excluding hydrogens is 238 g/mol. The standard InChI is InChI=1S/C12H19NO5/c1-13-7-4-8(14)10(12(15)17-3)11(13)9(5-7)18-6-16-2/h7,9-11H,4-6H2,1-3H3/t7?,9-,10+,11-/m1/s1. The van der Waals surface area contributed by atoms with Crippen LogP contribution in [0.4, 0.5) is 0 Å². The van der Waals surface area contributed by atoms with Gasteiger partial charge in [0.15, 0.2) is 0 Å². The zero-order valence-electron chi connectivity index (χ0n) is 10.9. The Morgan fingerprint density at radius 1 is 1.44 bits per heavy atom. The highest BCUT2D eigenvalue weighted by molar-refractivity contribution is 6.01. The highest BCUT2D eigenvalue weighted by Crippen LogP contribution is 2.38. The van der Waals surface area contributed by atoms with Crippen molar-refractivity contribution in [3.05, 3.63) is 0 Å². The fourth-order valence-corrected chi connectivity index (χ4v) is 3.03. The minimum Gasteiger partial charge on any atom is -0.468 e. The number of likely N-dealkylation sites (N-methyl/N-ethyl adjacent to an activating group) is 1. The number of esters is 1. The van der Waals surface area contributed by atoms with Crippen molar-refractivity contribution in [2.24, 2.45) is 5.92 Å². The summed E-state index contributed by atoms with van der Waals surface area (Å²) in [6.07, 6.45) is 0.985. The van der Waals surface area contributed by atoms with Gasteiger partial charge in [-0.3, -0.25) is 14.5 Å². The number of piperidine rings is 1. The van der Waals surface area contributed by atoms with Crippen LogP contribution in [-0.4, -0.2) is 62.9 Å². The normalized spacial score (nSPS) is 35.8. The van der Waals surface area contributed by atoms with Gasteiger partial charge in [-0.05, 0) is 13.5 Å². The van der Waals surface area contributed by atoms with Gasteiger partial charge >= 0.3 is 5.97 Å². The molecule has 2 rings (SSSR count). The summed E-state index contributed by atoms with van der Waals surface area (Å²) in [4.78, 5) is 25.8. The van der Waals surface area contributed by atoms with Crippen LogP contribution < -0.4 is 0 Å². The van der Waals surface area contributed by atoms with Gasteiger partial charge in [-0.1, -0.05) is 0 Å². The minimum absolute atomic E-state index is 0.0431. The molecule has 2 saturated heterocycles. The number of ketones is 1. The number of Topliss-reactive ketones (excluding diaryl/α,β-unsaturated/α-hetero) is 1. The molecule has 2 bridgehead atoms. The van der Waals surface area contributed by atoms with Gasteiger partial charge in [0.2, 0.25) is 0 Å². The molecular formula is C12H19NO5. The van der Waals surface area contributed by atoms with Crippen molar-refractivity contribution < 1.29 is 23.8 Å². The first-order valence-electron chi connectivity index (χ1n) is 6.03. The Labute approximate surface area is 106 Å². The van der Waals surface area contributed by atoms with E-state index < -0.39 is 11.9 Å². The van der Waals surface area contributed by atoms with Crippen molar-refractivity contribution in [2.45, 2.75) is 31.0 Å². The number of carbonyl (C=O) groups is 2. The summed E-state index contributed by atoms with van der Waals surface area (Å²) in [7, 11) is 4.78.